The Morgan fingerprint density at radius 3 is 2.56 bits per heavy atom. The molecule has 1 aliphatic heterocycles. The molecule has 1 fully saturated rings. The number of benzene rings is 2. The fourth-order valence-corrected chi connectivity index (χ4v) is 5.14. The lowest BCUT2D eigenvalue weighted by molar-refractivity contribution is -0.119. The zero-order valence-electron chi connectivity index (χ0n) is 17.6. The van der Waals surface area contributed by atoms with Crippen LogP contribution in [0.5, 0.6) is 5.75 Å². The van der Waals surface area contributed by atoms with Crippen LogP contribution in [-0.4, -0.2) is 64.6 Å². The third-order valence-electron chi connectivity index (χ3n) is 4.79. The van der Waals surface area contributed by atoms with E-state index in [4.69, 9.17) is 14.2 Å². The van der Waals surface area contributed by atoms with Gasteiger partial charge in [-0.15, -0.1) is 0 Å². The number of hydrogen-bond donors (Lipinski definition) is 1. The van der Waals surface area contributed by atoms with Crippen molar-refractivity contribution in [3.63, 3.8) is 0 Å². The SMILES string of the molecule is COc1ccc(Br)c(C(=O)OCC(=O)Nc2ccc(C)c(S(=O)(=O)N3CCOCC3)c2)c1. The van der Waals surface area contributed by atoms with Crippen molar-refractivity contribution in [3.8, 4) is 5.75 Å². The third-order valence-corrected chi connectivity index (χ3v) is 7.52. The minimum atomic E-state index is -3.72. The van der Waals surface area contributed by atoms with Gasteiger partial charge in [-0.05, 0) is 58.7 Å². The number of nitrogens with one attached hydrogen (secondary N) is 1. The van der Waals surface area contributed by atoms with Crippen LogP contribution in [0.15, 0.2) is 45.8 Å². The molecule has 0 spiro atoms. The zero-order valence-corrected chi connectivity index (χ0v) is 20.0. The zero-order chi connectivity index (χ0) is 23.3. The van der Waals surface area contributed by atoms with E-state index >= 15 is 0 Å². The molecule has 32 heavy (non-hydrogen) atoms. The lowest BCUT2D eigenvalue weighted by atomic mass is 10.2. The maximum Gasteiger partial charge on any atom is 0.339 e. The summed E-state index contributed by atoms with van der Waals surface area (Å²) in [7, 11) is -2.25. The number of halogens is 1. The van der Waals surface area contributed by atoms with Crippen molar-refractivity contribution in [1.82, 2.24) is 4.31 Å². The van der Waals surface area contributed by atoms with E-state index in [1.165, 1.54) is 23.5 Å². The van der Waals surface area contributed by atoms with E-state index in [-0.39, 0.29) is 29.2 Å². The van der Waals surface area contributed by atoms with E-state index in [9.17, 15) is 18.0 Å². The number of rotatable bonds is 7. The van der Waals surface area contributed by atoms with Gasteiger partial charge in [0.1, 0.15) is 5.75 Å². The number of morpholine rings is 1. The Balaban J connectivity index is 1.67. The van der Waals surface area contributed by atoms with E-state index in [0.717, 1.165) is 0 Å². The van der Waals surface area contributed by atoms with E-state index in [0.29, 0.717) is 29.0 Å². The largest absolute Gasteiger partial charge is 0.497 e. The van der Waals surface area contributed by atoms with Gasteiger partial charge in [-0.1, -0.05) is 6.07 Å². The fourth-order valence-electron chi connectivity index (χ4n) is 3.08. The highest BCUT2D eigenvalue weighted by Crippen LogP contribution is 2.25. The van der Waals surface area contributed by atoms with Crippen molar-refractivity contribution >= 4 is 43.5 Å². The number of sulfonamides is 1. The molecule has 1 aliphatic rings. The van der Waals surface area contributed by atoms with Crippen molar-refractivity contribution < 1.29 is 32.2 Å². The van der Waals surface area contributed by atoms with E-state index in [1.807, 2.05) is 0 Å². The first-order chi connectivity index (χ1) is 15.2. The van der Waals surface area contributed by atoms with Crippen molar-refractivity contribution in [3.05, 3.63) is 52.0 Å². The molecule has 0 aromatic heterocycles. The summed E-state index contributed by atoms with van der Waals surface area (Å²) in [6, 6.07) is 9.41. The van der Waals surface area contributed by atoms with Crippen molar-refractivity contribution in [2.75, 3.05) is 45.3 Å². The van der Waals surface area contributed by atoms with Gasteiger partial charge in [0, 0.05) is 23.2 Å². The molecule has 0 radical (unpaired) electrons. The molecular formula is C21H23BrN2O7S. The predicted octanol–water partition coefficient (Wildman–Crippen LogP) is 2.58. The third kappa shape index (κ3) is 5.66. The summed E-state index contributed by atoms with van der Waals surface area (Å²) in [5.41, 5.74) is 1.06. The van der Waals surface area contributed by atoms with Gasteiger partial charge in [0.15, 0.2) is 6.61 Å². The fraction of sp³-hybridized carbons (Fsp3) is 0.333. The first kappa shape index (κ1) is 24.2. The first-order valence-electron chi connectivity index (χ1n) is 9.71. The Hall–Kier alpha value is -2.47. The van der Waals surface area contributed by atoms with Crippen molar-refractivity contribution in [2.24, 2.45) is 0 Å². The molecule has 2 aromatic carbocycles. The number of amides is 1. The molecule has 1 saturated heterocycles. The van der Waals surface area contributed by atoms with E-state index in [1.54, 1.807) is 31.2 Å². The number of ether oxygens (including phenoxy) is 3. The van der Waals surface area contributed by atoms with Gasteiger partial charge in [-0.25, -0.2) is 13.2 Å². The molecule has 0 bridgehead atoms. The minimum Gasteiger partial charge on any atom is -0.497 e. The first-order valence-corrected chi connectivity index (χ1v) is 11.9. The molecule has 1 heterocycles. The molecule has 172 valence electrons. The second-order valence-electron chi connectivity index (χ2n) is 6.97. The minimum absolute atomic E-state index is 0.106. The van der Waals surface area contributed by atoms with Gasteiger partial charge >= 0.3 is 5.97 Å². The maximum atomic E-state index is 13.0. The molecule has 0 atom stereocenters. The van der Waals surface area contributed by atoms with Gasteiger partial charge in [-0.2, -0.15) is 4.31 Å². The van der Waals surface area contributed by atoms with Crippen LogP contribution in [-0.2, 0) is 24.3 Å². The van der Waals surface area contributed by atoms with Crippen LogP contribution in [0.3, 0.4) is 0 Å². The predicted molar refractivity (Wildman–Crippen MR) is 120 cm³/mol. The summed E-state index contributed by atoms with van der Waals surface area (Å²) in [6.07, 6.45) is 0. The number of nitrogens with zero attached hydrogens (tertiary/aromatic N) is 1. The molecule has 9 nitrogen and oxygen atoms in total. The van der Waals surface area contributed by atoms with Gasteiger partial charge < -0.3 is 19.5 Å². The number of carbonyl (C=O) groups excluding carboxylic acids is 2. The second-order valence-corrected chi connectivity index (χ2v) is 9.73. The summed E-state index contributed by atoms with van der Waals surface area (Å²) < 4.78 is 43.2. The van der Waals surface area contributed by atoms with Crippen LogP contribution >= 0.6 is 15.9 Å². The lowest BCUT2D eigenvalue weighted by Gasteiger charge is -2.26. The molecule has 2 aromatic rings. The van der Waals surface area contributed by atoms with Crippen LogP contribution in [0, 0.1) is 6.92 Å². The number of methoxy groups -OCH3 is 1. The molecule has 0 aliphatic carbocycles. The van der Waals surface area contributed by atoms with Crippen LogP contribution in [0.1, 0.15) is 15.9 Å². The average molecular weight is 527 g/mol. The quantitative estimate of drug-likeness (QED) is 0.551. The molecule has 0 unspecified atom stereocenters. The van der Waals surface area contributed by atoms with Crippen LogP contribution in [0.25, 0.3) is 0 Å². The van der Waals surface area contributed by atoms with Crippen LogP contribution in [0.4, 0.5) is 5.69 Å². The molecule has 11 heteroatoms. The number of aryl methyl sites for hydroxylation is 1. The topological polar surface area (TPSA) is 111 Å². The summed E-state index contributed by atoms with van der Waals surface area (Å²) >= 11 is 3.26. The summed E-state index contributed by atoms with van der Waals surface area (Å²) in [4.78, 5) is 24.7. The Labute approximate surface area is 194 Å². The van der Waals surface area contributed by atoms with Crippen molar-refractivity contribution in [2.45, 2.75) is 11.8 Å². The molecular weight excluding hydrogens is 504 g/mol. The highest BCUT2D eigenvalue weighted by Gasteiger charge is 2.28. The van der Waals surface area contributed by atoms with Gasteiger partial charge in [-0.3, -0.25) is 4.79 Å². The number of carbonyl (C=O) groups is 2. The Kier molecular flexibility index (Phi) is 7.88. The van der Waals surface area contributed by atoms with Gasteiger partial charge in [0.05, 0.1) is 30.8 Å². The van der Waals surface area contributed by atoms with E-state index < -0.39 is 28.5 Å². The maximum absolute atomic E-state index is 13.0. The molecule has 1 N–H and O–H groups in total. The van der Waals surface area contributed by atoms with Crippen LogP contribution < -0.4 is 10.1 Å². The molecule has 3 rings (SSSR count). The highest BCUT2D eigenvalue weighted by molar-refractivity contribution is 9.10. The Bertz CT molecular complexity index is 1120. The van der Waals surface area contributed by atoms with Gasteiger partial charge in [0.2, 0.25) is 10.0 Å². The normalized spacial score (nSPS) is 14.6. The van der Waals surface area contributed by atoms with Crippen LogP contribution in [0.2, 0.25) is 0 Å². The lowest BCUT2D eigenvalue weighted by Crippen LogP contribution is -2.40. The second kappa shape index (κ2) is 10.4. The number of anilines is 1. The summed E-state index contributed by atoms with van der Waals surface area (Å²) in [5, 5.41) is 2.57. The Morgan fingerprint density at radius 1 is 1.16 bits per heavy atom. The van der Waals surface area contributed by atoms with Gasteiger partial charge in [0.25, 0.3) is 5.91 Å². The summed E-state index contributed by atoms with van der Waals surface area (Å²) in [6.45, 7) is 2.36. The summed E-state index contributed by atoms with van der Waals surface area (Å²) in [5.74, 6) is -0.834. The monoisotopic (exact) mass is 526 g/mol. The number of hydrogen-bond acceptors (Lipinski definition) is 7. The smallest absolute Gasteiger partial charge is 0.339 e. The standard InChI is InChI=1S/C21H23BrN2O7S/c1-14-3-4-15(11-19(14)32(27,28)24-7-9-30-10-8-24)23-20(25)13-31-21(26)17-12-16(29-2)5-6-18(17)22/h3-6,11-12H,7-10,13H2,1-2H3,(H,23,25). The molecule has 1 amide bonds. The van der Waals surface area contributed by atoms with E-state index in [2.05, 4.69) is 21.2 Å². The Morgan fingerprint density at radius 2 is 1.88 bits per heavy atom. The van der Waals surface area contributed by atoms with Crippen molar-refractivity contribution in [1.29, 1.82) is 0 Å². The average Bonchev–Trinajstić information content (AvgIpc) is 2.79. The highest BCUT2D eigenvalue weighted by atomic mass is 79.9. The molecule has 0 saturated carbocycles. The number of esters is 1.